The molecule has 192 valence electrons. The van der Waals surface area contributed by atoms with Gasteiger partial charge in [-0.1, -0.05) is 25.0 Å². The van der Waals surface area contributed by atoms with Gasteiger partial charge in [0.2, 0.25) is 0 Å². The minimum Gasteiger partial charge on any atom is -0.508 e. The van der Waals surface area contributed by atoms with Gasteiger partial charge in [0.1, 0.15) is 41.5 Å². The van der Waals surface area contributed by atoms with Crippen LogP contribution in [-0.2, 0) is 0 Å². The van der Waals surface area contributed by atoms with E-state index < -0.39 is 6.10 Å². The molecule has 0 amide bonds. The number of phenols is 1. The summed E-state index contributed by atoms with van der Waals surface area (Å²) < 4.78 is 32.7. The molecule has 1 fully saturated rings. The van der Waals surface area contributed by atoms with E-state index in [1.165, 1.54) is 37.8 Å². The van der Waals surface area contributed by atoms with Crippen molar-refractivity contribution in [1.29, 1.82) is 0 Å². The fourth-order valence-corrected chi connectivity index (χ4v) is 5.65. The zero-order valence-corrected chi connectivity index (χ0v) is 20.9. The van der Waals surface area contributed by atoms with Crippen molar-refractivity contribution in [3.05, 3.63) is 83.2 Å². The Hall–Kier alpha value is -3.51. The Morgan fingerprint density at radius 2 is 1.68 bits per heavy atom. The van der Waals surface area contributed by atoms with Crippen molar-refractivity contribution >= 4 is 11.1 Å². The Morgan fingerprint density at radius 1 is 0.892 bits per heavy atom. The van der Waals surface area contributed by atoms with Crippen molar-refractivity contribution in [1.82, 2.24) is 4.90 Å². The normalized spacial score (nSPS) is 19.4. The lowest BCUT2D eigenvalue weighted by atomic mass is 9.84. The summed E-state index contributed by atoms with van der Waals surface area (Å²) >= 11 is 0. The lowest BCUT2D eigenvalue weighted by Gasteiger charge is -2.31. The third-order valence-corrected chi connectivity index (χ3v) is 7.52. The number of fused-ring (bicyclic) bond motifs is 4. The number of aromatic hydroxyl groups is 1. The van der Waals surface area contributed by atoms with Crippen LogP contribution in [0.25, 0.3) is 11.1 Å². The first kappa shape index (κ1) is 23.9. The summed E-state index contributed by atoms with van der Waals surface area (Å²) in [4.78, 5) is 2.49. The lowest BCUT2D eigenvalue weighted by molar-refractivity contribution is 0.214. The molecule has 1 saturated heterocycles. The Labute approximate surface area is 217 Å². The Balaban J connectivity index is 1.28. The van der Waals surface area contributed by atoms with Gasteiger partial charge in [-0.3, -0.25) is 4.90 Å². The molecule has 3 aliphatic heterocycles. The molecule has 37 heavy (non-hydrogen) atoms. The number of rotatable bonds is 5. The van der Waals surface area contributed by atoms with Crippen LogP contribution in [0.5, 0.6) is 23.0 Å². The predicted molar refractivity (Wildman–Crippen MR) is 142 cm³/mol. The second-order valence-corrected chi connectivity index (χ2v) is 9.98. The molecule has 0 spiro atoms. The van der Waals surface area contributed by atoms with Crippen LogP contribution in [-0.4, -0.2) is 42.9 Å². The number of likely N-dealkylation sites (tertiary alicyclic amines) is 1. The van der Waals surface area contributed by atoms with E-state index in [0.717, 1.165) is 53.2 Å². The first-order valence-electron chi connectivity index (χ1n) is 13.3. The molecule has 0 aromatic heterocycles. The highest BCUT2D eigenvalue weighted by molar-refractivity contribution is 5.98. The third kappa shape index (κ3) is 5.03. The van der Waals surface area contributed by atoms with Gasteiger partial charge in [0.15, 0.2) is 0 Å². The van der Waals surface area contributed by atoms with Crippen LogP contribution in [0.2, 0.25) is 0 Å². The highest BCUT2D eigenvalue weighted by Gasteiger charge is 2.34. The van der Waals surface area contributed by atoms with Gasteiger partial charge in [0, 0.05) is 41.8 Å². The van der Waals surface area contributed by atoms with E-state index in [1.807, 2.05) is 30.3 Å². The van der Waals surface area contributed by atoms with E-state index in [0.29, 0.717) is 31.1 Å². The number of hydrogen-bond acceptors (Lipinski definition) is 5. The summed E-state index contributed by atoms with van der Waals surface area (Å²) in [5.74, 6) is 1.80. The van der Waals surface area contributed by atoms with Gasteiger partial charge in [-0.05, 0) is 73.5 Å². The van der Waals surface area contributed by atoms with Crippen LogP contribution < -0.4 is 14.2 Å². The summed E-state index contributed by atoms with van der Waals surface area (Å²) in [7, 11) is 0. The van der Waals surface area contributed by atoms with Crippen molar-refractivity contribution in [2.45, 2.75) is 38.2 Å². The average molecular weight is 502 g/mol. The monoisotopic (exact) mass is 501 g/mol. The first-order chi connectivity index (χ1) is 18.2. The Kier molecular flexibility index (Phi) is 6.75. The van der Waals surface area contributed by atoms with Gasteiger partial charge in [0.05, 0.1) is 6.61 Å². The van der Waals surface area contributed by atoms with Crippen LogP contribution >= 0.6 is 0 Å². The minimum atomic E-state index is -0.444. The molecule has 6 heteroatoms. The molecule has 3 aliphatic rings. The van der Waals surface area contributed by atoms with Crippen molar-refractivity contribution in [2.75, 3.05) is 32.8 Å². The Morgan fingerprint density at radius 3 is 2.49 bits per heavy atom. The lowest BCUT2D eigenvalue weighted by Crippen LogP contribution is -2.29. The summed E-state index contributed by atoms with van der Waals surface area (Å²) in [6.45, 7) is 4.38. The molecule has 1 atom stereocenters. The van der Waals surface area contributed by atoms with E-state index in [-0.39, 0.29) is 11.6 Å². The fourth-order valence-electron chi connectivity index (χ4n) is 5.65. The minimum absolute atomic E-state index is 0.153. The molecule has 3 aromatic rings. The standard InChI is InChI=1S/C31H32FNO4/c32-22-7-11-25-26-13-17-36-28-20-23(34)8-12-27(28)30(26)31(37-29(25)19-22)21-5-9-24(10-6-21)35-18-16-33-14-3-1-2-4-15-33/h5-12,19-20,31,34H,1-4,13-18H2. The van der Waals surface area contributed by atoms with Crippen LogP contribution in [0.3, 0.4) is 0 Å². The van der Waals surface area contributed by atoms with Gasteiger partial charge >= 0.3 is 0 Å². The maximum Gasteiger partial charge on any atom is 0.150 e. The molecule has 0 radical (unpaired) electrons. The zero-order chi connectivity index (χ0) is 25.2. The molecule has 5 nitrogen and oxygen atoms in total. The average Bonchev–Trinajstić information content (AvgIpc) is 3.27. The SMILES string of the molecule is Oc1ccc2c(c1)OCCC1=C2C(c2ccc(OCCN3CCCCCC3)cc2)Oc2cc(F)ccc21. The smallest absolute Gasteiger partial charge is 0.150 e. The van der Waals surface area contributed by atoms with E-state index in [1.54, 1.807) is 18.2 Å². The van der Waals surface area contributed by atoms with Crippen LogP contribution in [0, 0.1) is 5.82 Å². The third-order valence-electron chi connectivity index (χ3n) is 7.52. The summed E-state index contributed by atoms with van der Waals surface area (Å²) in [5.41, 5.74) is 4.77. The number of phenolic OH excluding ortho intramolecular Hbond substituents is 1. The van der Waals surface area contributed by atoms with Crippen LogP contribution in [0.1, 0.15) is 54.9 Å². The zero-order valence-electron chi connectivity index (χ0n) is 20.9. The molecule has 3 heterocycles. The molecule has 1 unspecified atom stereocenters. The van der Waals surface area contributed by atoms with E-state index in [4.69, 9.17) is 14.2 Å². The largest absolute Gasteiger partial charge is 0.508 e. The van der Waals surface area contributed by atoms with Gasteiger partial charge in [-0.15, -0.1) is 0 Å². The first-order valence-corrected chi connectivity index (χ1v) is 13.3. The number of ether oxygens (including phenoxy) is 3. The van der Waals surface area contributed by atoms with Gasteiger partial charge in [0.25, 0.3) is 0 Å². The molecule has 6 rings (SSSR count). The molecule has 0 bridgehead atoms. The van der Waals surface area contributed by atoms with Crippen molar-refractivity contribution < 1.29 is 23.7 Å². The molecular weight excluding hydrogens is 469 g/mol. The van der Waals surface area contributed by atoms with E-state index in [9.17, 15) is 9.50 Å². The predicted octanol–water partition coefficient (Wildman–Crippen LogP) is 6.61. The number of hydrogen-bond donors (Lipinski definition) is 1. The molecule has 3 aromatic carbocycles. The summed E-state index contributed by atoms with van der Waals surface area (Å²) in [6.07, 6.45) is 5.41. The quantitative estimate of drug-likeness (QED) is 0.426. The number of nitrogens with zero attached hydrogens (tertiary/aromatic N) is 1. The molecule has 0 aliphatic carbocycles. The fraction of sp³-hybridized carbons (Fsp3) is 0.355. The summed E-state index contributed by atoms with van der Waals surface area (Å²) in [5, 5.41) is 10.1. The topological polar surface area (TPSA) is 51.2 Å². The van der Waals surface area contributed by atoms with Crippen molar-refractivity contribution in [3.8, 4) is 23.0 Å². The van der Waals surface area contributed by atoms with Gasteiger partial charge < -0.3 is 19.3 Å². The molecule has 1 N–H and O–H groups in total. The highest BCUT2D eigenvalue weighted by Crippen LogP contribution is 2.51. The van der Waals surface area contributed by atoms with Gasteiger partial charge in [-0.2, -0.15) is 0 Å². The molecular formula is C31H32FNO4. The Bertz CT molecular complexity index is 1300. The number of benzene rings is 3. The maximum absolute atomic E-state index is 14.2. The van der Waals surface area contributed by atoms with Crippen molar-refractivity contribution in [3.63, 3.8) is 0 Å². The van der Waals surface area contributed by atoms with Crippen LogP contribution in [0.15, 0.2) is 60.7 Å². The highest BCUT2D eigenvalue weighted by atomic mass is 19.1. The van der Waals surface area contributed by atoms with Crippen LogP contribution in [0.4, 0.5) is 4.39 Å². The van der Waals surface area contributed by atoms with E-state index >= 15 is 0 Å². The van der Waals surface area contributed by atoms with E-state index in [2.05, 4.69) is 4.90 Å². The summed E-state index contributed by atoms with van der Waals surface area (Å²) in [6, 6.07) is 17.9. The maximum atomic E-state index is 14.2. The van der Waals surface area contributed by atoms with Gasteiger partial charge in [-0.25, -0.2) is 4.39 Å². The molecule has 0 saturated carbocycles. The number of halogens is 1. The second-order valence-electron chi connectivity index (χ2n) is 9.98. The van der Waals surface area contributed by atoms with Crippen molar-refractivity contribution in [2.24, 2.45) is 0 Å². The second kappa shape index (κ2) is 10.5.